The molecule has 1 aliphatic rings. The molecule has 1 heterocycles. The van der Waals surface area contributed by atoms with Crippen molar-refractivity contribution in [2.45, 2.75) is 46.1 Å². The average Bonchev–Trinajstić information content (AvgIpc) is 2.11. The van der Waals surface area contributed by atoms with Crippen LogP contribution in [0.1, 0.15) is 44.7 Å². The van der Waals surface area contributed by atoms with E-state index in [9.17, 15) is 0 Å². The fourth-order valence-corrected chi connectivity index (χ4v) is 2.70. The minimum atomic E-state index is 0.242. The van der Waals surface area contributed by atoms with Gasteiger partial charge in [-0.25, -0.2) is 0 Å². The lowest BCUT2D eigenvalue weighted by Gasteiger charge is -2.47. The van der Waals surface area contributed by atoms with Crippen molar-refractivity contribution in [2.75, 3.05) is 6.54 Å². The number of nitrogens with one attached hydrogen (secondary N) is 1. The van der Waals surface area contributed by atoms with Gasteiger partial charge in [0, 0.05) is 5.54 Å². The molecule has 1 saturated heterocycles. The van der Waals surface area contributed by atoms with Crippen molar-refractivity contribution in [3.05, 3.63) is 35.4 Å². The summed E-state index contributed by atoms with van der Waals surface area (Å²) in [6, 6.07) is 9.01. The second-order valence-electron chi connectivity index (χ2n) is 6.36. The van der Waals surface area contributed by atoms with Gasteiger partial charge in [0.15, 0.2) is 0 Å². The van der Waals surface area contributed by atoms with Crippen molar-refractivity contribution in [3.8, 4) is 0 Å². The smallest absolute Gasteiger partial charge is 0.0451 e. The van der Waals surface area contributed by atoms with Gasteiger partial charge in [0.2, 0.25) is 0 Å². The zero-order valence-electron chi connectivity index (χ0n) is 10.9. The van der Waals surface area contributed by atoms with Crippen molar-refractivity contribution < 1.29 is 0 Å². The molecule has 1 atom stereocenters. The molecular formula is C15H23N. The van der Waals surface area contributed by atoms with Crippen LogP contribution < -0.4 is 5.32 Å². The van der Waals surface area contributed by atoms with Crippen LogP contribution in [0.5, 0.6) is 0 Å². The van der Waals surface area contributed by atoms with Crippen LogP contribution in [0.3, 0.4) is 0 Å². The predicted octanol–water partition coefficient (Wildman–Crippen LogP) is 3.62. The van der Waals surface area contributed by atoms with Crippen LogP contribution in [-0.4, -0.2) is 6.54 Å². The Morgan fingerprint density at radius 1 is 1.19 bits per heavy atom. The highest BCUT2D eigenvalue weighted by atomic mass is 15.0. The maximum atomic E-state index is 3.65. The summed E-state index contributed by atoms with van der Waals surface area (Å²) in [4.78, 5) is 0. The van der Waals surface area contributed by atoms with Crippen molar-refractivity contribution in [3.63, 3.8) is 0 Å². The molecule has 1 heteroatoms. The van der Waals surface area contributed by atoms with Gasteiger partial charge in [-0.15, -0.1) is 0 Å². The molecule has 1 aromatic carbocycles. The van der Waals surface area contributed by atoms with Crippen LogP contribution in [0.15, 0.2) is 24.3 Å². The zero-order valence-corrected chi connectivity index (χ0v) is 10.9. The fraction of sp³-hybridized carbons (Fsp3) is 0.600. The Morgan fingerprint density at radius 2 is 1.75 bits per heavy atom. The molecule has 0 spiro atoms. The molecule has 0 aromatic heterocycles. The van der Waals surface area contributed by atoms with E-state index in [1.54, 1.807) is 0 Å². The molecular weight excluding hydrogens is 194 g/mol. The lowest BCUT2D eigenvalue weighted by Crippen LogP contribution is -2.55. The first kappa shape index (κ1) is 11.7. The largest absolute Gasteiger partial charge is 0.307 e. The topological polar surface area (TPSA) is 12.0 Å². The molecule has 1 fully saturated rings. The first-order valence-corrected chi connectivity index (χ1v) is 6.24. The lowest BCUT2D eigenvalue weighted by molar-refractivity contribution is 0.132. The van der Waals surface area contributed by atoms with E-state index in [1.807, 2.05) is 0 Å². The third kappa shape index (κ3) is 2.30. The lowest BCUT2D eigenvalue weighted by atomic mass is 9.70. The summed E-state index contributed by atoms with van der Waals surface area (Å²) in [5.74, 6) is 0. The summed E-state index contributed by atoms with van der Waals surface area (Å²) < 4.78 is 0. The molecule has 0 bridgehead atoms. The molecule has 0 saturated carbocycles. The summed E-state index contributed by atoms with van der Waals surface area (Å²) in [7, 11) is 0. The van der Waals surface area contributed by atoms with Gasteiger partial charge >= 0.3 is 0 Å². The average molecular weight is 217 g/mol. The van der Waals surface area contributed by atoms with Crippen LogP contribution >= 0.6 is 0 Å². The van der Waals surface area contributed by atoms with Crippen molar-refractivity contribution in [1.82, 2.24) is 5.32 Å². The Bertz CT molecular complexity index is 352. The molecule has 1 nitrogen and oxygen atoms in total. The summed E-state index contributed by atoms with van der Waals surface area (Å²) >= 11 is 0. The number of rotatable bonds is 2. The molecule has 0 aliphatic carbocycles. The molecule has 1 aromatic rings. The summed E-state index contributed by atoms with van der Waals surface area (Å²) in [5.41, 5.74) is 3.41. The van der Waals surface area contributed by atoms with E-state index >= 15 is 0 Å². The Kier molecular flexibility index (Phi) is 2.83. The molecule has 0 amide bonds. The van der Waals surface area contributed by atoms with Crippen LogP contribution in [0.2, 0.25) is 0 Å². The molecule has 88 valence electrons. The Morgan fingerprint density at radius 3 is 2.12 bits per heavy atom. The summed E-state index contributed by atoms with van der Waals surface area (Å²) in [6.07, 6.45) is 2.48. The van der Waals surface area contributed by atoms with Gasteiger partial charge in [-0.1, -0.05) is 50.6 Å². The Balaban J connectivity index is 2.24. The van der Waals surface area contributed by atoms with Gasteiger partial charge in [-0.05, 0) is 37.3 Å². The van der Waals surface area contributed by atoms with E-state index in [2.05, 4.69) is 57.3 Å². The van der Waals surface area contributed by atoms with E-state index in [1.165, 1.54) is 24.0 Å². The summed E-state index contributed by atoms with van der Waals surface area (Å²) in [5, 5.41) is 3.65. The number of hydrogen-bond donors (Lipinski definition) is 1. The second-order valence-corrected chi connectivity index (χ2v) is 6.36. The monoisotopic (exact) mass is 217 g/mol. The quantitative estimate of drug-likeness (QED) is 0.798. The molecule has 16 heavy (non-hydrogen) atoms. The highest BCUT2D eigenvalue weighted by Gasteiger charge is 2.40. The molecule has 0 radical (unpaired) electrons. The Hall–Kier alpha value is -0.820. The van der Waals surface area contributed by atoms with Crippen molar-refractivity contribution >= 4 is 0 Å². The fourth-order valence-electron chi connectivity index (χ4n) is 2.70. The van der Waals surface area contributed by atoms with E-state index < -0.39 is 0 Å². The van der Waals surface area contributed by atoms with Gasteiger partial charge in [-0.2, -0.15) is 0 Å². The van der Waals surface area contributed by atoms with Crippen molar-refractivity contribution in [2.24, 2.45) is 5.41 Å². The maximum Gasteiger partial charge on any atom is 0.0451 e. The minimum absolute atomic E-state index is 0.242. The standard InChI is InChI=1S/C15H23N/c1-12-5-7-13(8-6-12)15(9-10-16-15)11-14(2,3)4/h5-8,16H,9-11H2,1-4H3. The third-order valence-corrected chi connectivity index (χ3v) is 3.45. The molecule has 1 aliphatic heterocycles. The van der Waals surface area contributed by atoms with Crippen molar-refractivity contribution in [1.29, 1.82) is 0 Å². The van der Waals surface area contributed by atoms with Gasteiger partial charge in [-0.3, -0.25) is 0 Å². The van der Waals surface area contributed by atoms with Crippen LogP contribution in [-0.2, 0) is 5.54 Å². The highest BCUT2D eigenvalue weighted by Crippen LogP contribution is 2.41. The predicted molar refractivity (Wildman–Crippen MR) is 69.5 cm³/mol. The number of benzene rings is 1. The SMILES string of the molecule is Cc1ccc(C2(CC(C)(C)C)CCN2)cc1. The molecule has 1 unspecified atom stereocenters. The van der Waals surface area contributed by atoms with Gasteiger partial charge in [0.05, 0.1) is 0 Å². The normalized spacial score (nSPS) is 25.2. The zero-order chi connectivity index (χ0) is 11.8. The minimum Gasteiger partial charge on any atom is -0.307 e. The first-order chi connectivity index (χ1) is 7.41. The number of hydrogen-bond acceptors (Lipinski definition) is 1. The molecule has 1 N–H and O–H groups in total. The Labute approximate surface area is 99.3 Å². The van der Waals surface area contributed by atoms with Crippen LogP contribution in [0.25, 0.3) is 0 Å². The van der Waals surface area contributed by atoms with E-state index in [0.717, 1.165) is 6.54 Å². The van der Waals surface area contributed by atoms with E-state index in [4.69, 9.17) is 0 Å². The van der Waals surface area contributed by atoms with Gasteiger partial charge in [0.25, 0.3) is 0 Å². The highest BCUT2D eigenvalue weighted by molar-refractivity contribution is 5.30. The second kappa shape index (κ2) is 3.89. The van der Waals surface area contributed by atoms with Gasteiger partial charge < -0.3 is 5.32 Å². The van der Waals surface area contributed by atoms with Crippen LogP contribution in [0, 0.1) is 12.3 Å². The first-order valence-electron chi connectivity index (χ1n) is 6.24. The maximum absolute atomic E-state index is 3.65. The summed E-state index contributed by atoms with van der Waals surface area (Å²) in [6.45, 7) is 10.3. The van der Waals surface area contributed by atoms with Crippen LogP contribution in [0.4, 0.5) is 0 Å². The molecule has 2 rings (SSSR count). The van der Waals surface area contributed by atoms with E-state index in [-0.39, 0.29) is 5.54 Å². The van der Waals surface area contributed by atoms with Gasteiger partial charge in [0.1, 0.15) is 0 Å². The third-order valence-electron chi connectivity index (χ3n) is 3.45. The van der Waals surface area contributed by atoms with E-state index in [0.29, 0.717) is 5.41 Å². The number of aryl methyl sites for hydroxylation is 1.